The van der Waals surface area contributed by atoms with E-state index in [1.54, 1.807) is 6.07 Å². The molecule has 6 nitrogen and oxygen atoms in total. The minimum Gasteiger partial charge on any atom is -0.485 e. The summed E-state index contributed by atoms with van der Waals surface area (Å²) in [5, 5.41) is 15.2. The molecule has 3 rings (SSSR count). The van der Waals surface area contributed by atoms with E-state index < -0.39 is 4.92 Å². The van der Waals surface area contributed by atoms with E-state index in [9.17, 15) is 10.1 Å². The molecule has 7 heteroatoms. The van der Waals surface area contributed by atoms with E-state index in [1.165, 1.54) is 6.20 Å². The number of hydrogen-bond acceptors (Lipinski definition) is 5. The molecule has 1 aromatic carbocycles. The van der Waals surface area contributed by atoms with E-state index >= 15 is 0 Å². The van der Waals surface area contributed by atoms with Crippen LogP contribution in [0.25, 0.3) is 10.9 Å². The van der Waals surface area contributed by atoms with E-state index in [0.717, 1.165) is 23.9 Å². The average molecular weight is 352 g/mol. The summed E-state index contributed by atoms with van der Waals surface area (Å²) >= 11 is 3.38. The topological polar surface area (TPSA) is 77.3 Å². The van der Waals surface area contributed by atoms with Crippen molar-refractivity contribution in [2.45, 2.75) is 18.9 Å². The van der Waals surface area contributed by atoms with Gasteiger partial charge in [0.05, 0.1) is 15.8 Å². The van der Waals surface area contributed by atoms with E-state index in [2.05, 4.69) is 26.2 Å². The predicted molar refractivity (Wildman–Crippen MR) is 82.6 cm³/mol. The van der Waals surface area contributed by atoms with Crippen molar-refractivity contribution in [1.82, 2.24) is 10.3 Å². The summed E-state index contributed by atoms with van der Waals surface area (Å²) in [6.45, 7) is 1.39. The summed E-state index contributed by atoms with van der Waals surface area (Å²) in [7, 11) is 0. The Morgan fingerprint density at radius 3 is 3.10 bits per heavy atom. The van der Waals surface area contributed by atoms with Gasteiger partial charge in [-0.3, -0.25) is 10.1 Å². The van der Waals surface area contributed by atoms with Crippen LogP contribution in [0.3, 0.4) is 0 Å². The molecular formula is C14H14BrN3O3. The van der Waals surface area contributed by atoms with Crippen LogP contribution in [0.2, 0.25) is 0 Å². The number of pyridine rings is 1. The summed E-state index contributed by atoms with van der Waals surface area (Å²) in [5.41, 5.74) is 0.580. The van der Waals surface area contributed by atoms with Crippen molar-refractivity contribution in [2.24, 2.45) is 0 Å². The monoisotopic (exact) mass is 351 g/mol. The SMILES string of the molecule is O=[N+]([O-])c1cnc2ccc(Br)cc2c1OCC1CCCN1. The Kier molecular flexibility index (Phi) is 4.03. The van der Waals surface area contributed by atoms with Gasteiger partial charge in [-0.15, -0.1) is 0 Å². The summed E-state index contributed by atoms with van der Waals surface area (Å²) in [4.78, 5) is 14.9. The minimum atomic E-state index is -0.454. The van der Waals surface area contributed by atoms with Gasteiger partial charge in [-0.1, -0.05) is 15.9 Å². The maximum Gasteiger partial charge on any atom is 0.329 e. The number of nitrogens with one attached hydrogen (secondary N) is 1. The summed E-state index contributed by atoms with van der Waals surface area (Å²) in [5.74, 6) is 0.292. The Bertz CT molecular complexity index is 686. The number of aromatic nitrogens is 1. The van der Waals surface area contributed by atoms with Crippen LogP contribution in [0.4, 0.5) is 5.69 Å². The maximum absolute atomic E-state index is 11.2. The number of benzene rings is 1. The molecule has 0 aliphatic carbocycles. The van der Waals surface area contributed by atoms with Crippen LogP contribution in [-0.4, -0.2) is 29.1 Å². The number of halogens is 1. The molecule has 1 aliphatic heterocycles. The fourth-order valence-electron chi connectivity index (χ4n) is 2.49. The van der Waals surface area contributed by atoms with Crippen molar-refractivity contribution in [3.8, 4) is 5.75 Å². The Morgan fingerprint density at radius 1 is 1.52 bits per heavy atom. The standard InChI is InChI=1S/C14H14BrN3O3/c15-9-3-4-12-11(6-9)14(13(7-17-12)18(19)20)21-8-10-2-1-5-16-10/h3-4,6-7,10,16H,1-2,5,8H2. The number of nitrogens with zero attached hydrogens (tertiary/aromatic N) is 2. The molecule has 2 aromatic rings. The van der Waals surface area contributed by atoms with Crippen LogP contribution >= 0.6 is 15.9 Å². The smallest absolute Gasteiger partial charge is 0.329 e. The third-order valence-corrected chi connectivity index (χ3v) is 4.04. The first-order valence-corrected chi connectivity index (χ1v) is 7.53. The molecule has 0 amide bonds. The molecule has 1 saturated heterocycles. The second kappa shape index (κ2) is 5.95. The Balaban J connectivity index is 2.00. The van der Waals surface area contributed by atoms with Gasteiger partial charge in [0.1, 0.15) is 12.8 Å². The van der Waals surface area contributed by atoms with Crippen LogP contribution in [0.5, 0.6) is 5.75 Å². The average Bonchev–Trinajstić information content (AvgIpc) is 2.97. The molecule has 0 bridgehead atoms. The molecule has 2 heterocycles. The van der Waals surface area contributed by atoms with Crippen LogP contribution in [-0.2, 0) is 0 Å². The fourth-order valence-corrected chi connectivity index (χ4v) is 2.86. The van der Waals surface area contributed by atoms with Gasteiger partial charge in [-0.05, 0) is 37.6 Å². The molecule has 1 unspecified atom stereocenters. The number of fused-ring (bicyclic) bond motifs is 1. The largest absolute Gasteiger partial charge is 0.485 e. The van der Waals surface area contributed by atoms with Crippen molar-refractivity contribution in [2.75, 3.05) is 13.2 Å². The van der Waals surface area contributed by atoms with Gasteiger partial charge in [0.2, 0.25) is 5.75 Å². The highest BCUT2D eigenvalue weighted by atomic mass is 79.9. The van der Waals surface area contributed by atoms with Crippen LogP contribution < -0.4 is 10.1 Å². The van der Waals surface area contributed by atoms with E-state index in [0.29, 0.717) is 23.3 Å². The van der Waals surface area contributed by atoms with E-state index in [-0.39, 0.29) is 11.7 Å². The number of ether oxygens (including phenoxy) is 1. The van der Waals surface area contributed by atoms with Gasteiger partial charge >= 0.3 is 5.69 Å². The number of rotatable bonds is 4. The fraction of sp³-hybridized carbons (Fsp3) is 0.357. The molecule has 1 atom stereocenters. The molecule has 1 fully saturated rings. The molecular weight excluding hydrogens is 338 g/mol. The van der Waals surface area contributed by atoms with Gasteiger partial charge in [-0.2, -0.15) is 0 Å². The first-order chi connectivity index (χ1) is 10.1. The molecule has 21 heavy (non-hydrogen) atoms. The Labute approximate surface area is 129 Å². The Morgan fingerprint density at radius 2 is 2.38 bits per heavy atom. The highest BCUT2D eigenvalue weighted by Crippen LogP contribution is 2.35. The molecule has 0 radical (unpaired) electrons. The lowest BCUT2D eigenvalue weighted by Gasteiger charge is -2.13. The molecule has 0 spiro atoms. The van der Waals surface area contributed by atoms with Gasteiger partial charge in [-0.25, -0.2) is 4.98 Å². The van der Waals surface area contributed by atoms with Crippen molar-refractivity contribution < 1.29 is 9.66 Å². The normalized spacial score (nSPS) is 18.0. The lowest BCUT2D eigenvalue weighted by atomic mass is 10.2. The second-order valence-electron chi connectivity index (χ2n) is 5.00. The lowest BCUT2D eigenvalue weighted by molar-refractivity contribution is -0.386. The maximum atomic E-state index is 11.2. The zero-order chi connectivity index (χ0) is 14.8. The molecule has 1 aliphatic rings. The lowest BCUT2D eigenvalue weighted by Crippen LogP contribution is -2.28. The van der Waals surface area contributed by atoms with Crippen LogP contribution in [0.1, 0.15) is 12.8 Å². The minimum absolute atomic E-state index is 0.0985. The van der Waals surface area contributed by atoms with Crippen molar-refractivity contribution >= 4 is 32.5 Å². The molecule has 110 valence electrons. The summed E-state index contributed by atoms with van der Waals surface area (Å²) in [6.07, 6.45) is 3.40. The third-order valence-electron chi connectivity index (χ3n) is 3.55. The van der Waals surface area contributed by atoms with Gasteiger partial charge in [0.25, 0.3) is 0 Å². The summed E-state index contributed by atoms with van der Waals surface area (Å²) in [6, 6.07) is 5.71. The molecule has 1 N–H and O–H groups in total. The van der Waals surface area contributed by atoms with E-state index in [1.807, 2.05) is 12.1 Å². The third kappa shape index (κ3) is 2.98. The van der Waals surface area contributed by atoms with Gasteiger partial charge in [0.15, 0.2) is 0 Å². The zero-order valence-electron chi connectivity index (χ0n) is 11.2. The van der Waals surface area contributed by atoms with Crippen LogP contribution in [0, 0.1) is 10.1 Å². The second-order valence-corrected chi connectivity index (χ2v) is 5.91. The summed E-state index contributed by atoms with van der Waals surface area (Å²) < 4.78 is 6.62. The zero-order valence-corrected chi connectivity index (χ0v) is 12.8. The quantitative estimate of drug-likeness (QED) is 0.676. The first-order valence-electron chi connectivity index (χ1n) is 6.74. The molecule has 1 aromatic heterocycles. The number of nitro groups is 1. The van der Waals surface area contributed by atoms with Gasteiger partial charge in [0, 0.05) is 10.5 Å². The van der Waals surface area contributed by atoms with Gasteiger partial charge < -0.3 is 10.1 Å². The van der Waals surface area contributed by atoms with Crippen molar-refractivity contribution in [3.05, 3.63) is 39.0 Å². The molecule has 0 saturated carbocycles. The van der Waals surface area contributed by atoms with Crippen molar-refractivity contribution in [3.63, 3.8) is 0 Å². The predicted octanol–water partition coefficient (Wildman–Crippen LogP) is 3.04. The highest BCUT2D eigenvalue weighted by molar-refractivity contribution is 9.10. The Hall–Kier alpha value is -1.73. The van der Waals surface area contributed by atoms with Crippen LogP contribution in [0.15, 0.2) is 28.9 Å². The van der Waals surface area contributed by atoms with E-state index in [4.69, 9.17) is 4.74 Å². The number of hydrogen-bond donors (Lipinski definition) is 1. The van der Waals surface area contributed by atoms with Crippen molar-refractivity contribution in [1.29, 1.82) is 0 Å². The highest BCUT2D eigenvalue weighted by Gasteiger charge is 2.22. The first kappa shape index (κ1) is 14.2.